The average Bonchev–Trinajstić information content (AvgIpc) is 3.10. The summed E-state index contributed by atoms with van der Waals surface area (Å²) in [7, 11) is 0. The number of hydrogen-bond acceptors (Lipinski definition) is 8. The molecule has 1 aliphatic carbocycles. The highest BCUT2D eigenvalue weighted by atomic mass is 16.5. The molecule has 4 rings (SSSR count). The highest BCUT2D eigenvalue weighted by molar-refractivity contribution is 5.34. The second-order valence-corrected chi connectivity index (χ2v) is 12.5. The van der Waals surface area contributed by atoms with Crippen molar-refractivity contribution in [1.82, 2.24) is 21.3 Å². The topological polar surface area (TPSA) is 107 Å². The van der Waals surface area contributed by atoms with E-state index in [0.717, 1.165) is 56.9 Å². The number of hydrogen-bond donors (Lipinski definition) is 6. The van der Waals surface area contributed by atoms with Gasteiger partial charge in [-0.05, 0) is 79.6 Å². The predicted molar refractivity (Wildman–Crippen MR) is 191 cm³/mol. The maximum Gasteiger partial charge on any atom is 0.119 e. The van der Waals surface area contributed by atoms with E-state index in [4.69, 9.17) is 9.47 Å². The Kier molecular flexibility index (Phi) is 16.0. The van der Waals surface area contributed by atoms with E-state index in [9.17, 15) is 10.2 Å². The van der Waals surface area contributed by atoms with Gasteiger partial charge in [-0.2, -0.15) is 0 Å². The summed E-state index contributed by atoms with van der Waals surface area (Å²) in [6.45, 7) is 8.99. The van der Waals surface area contributed by atoms with Crippen LogP contribution in [0.5, 0.6) is 11.5 Å². The molecule has 0 radical (unpaired) electrons. The number of rotatable bonds is 22. The van der Waals surface area contributed by atoms with Gasteiger partial charge < -0.3 is 41.0 Å². The summed E-state index contributed by atoms with van der Waals surface area (Å²) >= 11 is 0. The van der Waals surface area contributed by atoms with Crippen LogP contribution in [0.15, 0.2) is 103 Å². The molecule has 1 aliphatic rings. The van der Waals surface area contributed by atoms with E-state index in [0.29, 0.717) is 13.1 Å². The van der Waals surface area contributed by atoms with Crippen LogP contribution in [0.3, 0.4) is 0 Å². The van der Waals surface area contributed by atoms with Crippen molar-refractivity contribution in [2.75, 3.05) is 45.9 Å². The van der Waals surface area contributed by atoms with Gasteiger partial charge in [-0.15, -0.1) is 0 Å². The number of ether oxygens (including phenoxy) is 2. The van der Waals surface area contributed by atoms with Gasteiger partial charge in [0.2, 0.25) is 0 Å². The fraction of sp³-hybridized carbons (Fsp3) is 0.436. The number of allylic oxidation sites excluding steroid dienone is 2. The molecule has 0 saturated carbocycles. The third kappa shape index (κ3) is 14.9. The third-order valence-electron chi connectivity index (χ3n) is 8.02. The first-order chi connectivity index (χ1) is 22.9. The van der Waals surface area contributed by atoms with Crippen LogP contribution in [0, 0.1) is 0 Å². The Bertz CT molecular complexity index is 1330. The van der Waals surface area contributed by atoms with Crippen molar-refractivity contribution < 1.29 is 19.7 Å². The zero-order valence-electron chi connectivity index (χ0n) is 28.0. The molecule has 8 nitrogen and oxygen atoms in total. The first-order valence-corrected chi connectivity index (χ1v) is 17.0. The van der Waals surface area contributed by atoms with Gasteiger partial charge in [-0.3, -0.25) is 0 Å². The van der Waals surface area contributed by atoms with Crippen molar-refractivity contribution in [3.8, 4) is 11.5 Å². The lowest BCUT2D eigenvalue weighted by molar-refractivity contribution is 0.104. The second-order valence-electron chi connectivity index (χ2n) is 12.5. The molecule has 4 atom stereocenters. The quantitative estimate of drug-likeness (QED) is 0.0961. The van der Waals surface area contributed by atoms with Crippen LogP contribution in [-0.2, 0) is 13.0 Å². The molecule has 254 valence electrons. The molecular weight excluding hydrogens is 588 g/mol. The normalized spacial score (nSPS) is 15.4. The second kappa shape index (κ2) is 20.7. The molecule has 6 N–H and O–H groups in total. The van der Waals surface area contributed by atoms with E-state index in [2.05, 4.69) is 89.7 Å². The molecule has 0 heterocycles. The highest BCUT2D eigenvalue weighted by Crippen LogP contribution is 2.18. The van der Waals surface area contributed by atoms with Crippen LogP contribution in [0.2, 0.25) is 0 Å². The predicted octanol–water partition coefficient (Wildman–Crippen LogP) is 4.37. The molecule has 3 aromatic carbocycles. The van der Waals surface area contributed by atoms with Gasteiger partial charge in [0.05, 0.1) is 0 Å². The Morgan fingerprint density at radius 3 is 1.66 bits per heavy atom. The molecule has 3 aromatic rings. The molecule has 0 fully saturated rings. The summed E-state index contributed by atoms with van der Waals surface area (Å²) in [5, 5.41) is 34.4. The maximum atomic E-state index is 10.4. The van der Waals surface area contributed by atoms with Gasteiger partial charge >= 0.3 is 0 Å². The van der Waals surface area contributed by atoms with Crippen LogP contribution < -0.4 is 30.7 Å². The Morgan fingerprint density at radius 2 is 1.15 bits per heavy atom. The van der Waals surface area contributed by atoms with Crippen molar-refractivity contribution in [1.29, 1.82) is 0 Å². The highest BCUT2D eigenvalue weighted by Gasteiger charge is 2.10. The van der Waals surface area contributed by atoms with Gasteiger partial charge in [-0.25, -0.2) is 0 Å². The monoisotopic (exact) mass is 642 g/mol. The summed E-state index contributed by atoms with van der Waals surface area (Å²) in [5.74, 6) is 1.48. The van der Waals surface area contributed by atoms with E-state index < -0.39 is 12.2 Å². The fourth-order valence-electron chi connectivity index (χ4n) is 5.22. The van der Waals surface area contributed by atoms with Gasteiger partial charge in [0.25, 0.3) is 0 Å². The van der Waals surface area contributed by atoms with E-state index >= 15 is 0 Å². The lowest BCUT2D eigenvalue weighted by Gasteiger charge is -2.18. The Morgan fingerprint density at radius 1 is 0.617 bits per heavy atom. The van der Waals surface area contributed by atoms with Crippen molar-refractivity contribution in [3.63, 3.8) is 0 Å². The van der Waals surface area contributed by atoms with Crippen molar-refractivity contribution in [3.05, 3.63) is 119 Å². The Balaban J connectivity index is 1.05. The molecule has 0 saturated heterocycles. The fourth-order valence-corrected chi connectivity index (χ4v) is 5.22. The molecule has 0 bridgehead atoms. The third-order valence-corrected chi connectivity index (χ3v) is 8.02. The van der Waals surface area contributed by atoms with Crippen LogP contribution >= 0.6 is 0 Å². The van der Waals surface area contributed by atoms with E-state index in [1.54, 1.807) is 0 Å². The van der Waals surface area contributed by atoms with Gasteiger partial charge in [0.1, 0.15) is 36.9 Å². The van der Waals surface area contributed by atoms with Crippen LogP contribution in [0.1, 0.15) is 43.4 Å². The summed E-state index contributed by atoms with van der Waals surface area (Å²) in [4.78, 5) is 0. The number of aliphatic hydroxyl groups is 2. The molecule has 0 amide bonds. The van der Waals surface area contributed by atoms with Gasteiger partial charge in [0, 0.05) is 51.4 Å². The van der Waals surface area contributed by atoms with E-state index in [-0.39, 0.29) is 25.3 Å². The largest absolute Gasteiger partial charge is 0.491 e. The minimum absolute atomic E-state index is 0.232. The van der Waals surface area contributed by atoms with Crippen LogP contribution in [-0.4, -0.2) is 80.4 Å². The molecular formula is C39H54N4O4. The van der Waals surface area contributed by atoms with Gasteiger partial charge in [-0.1, -0.05) is 72.8 Å². The standard InChI is InChI=1S/C39H54N4O4/c1-30(22-40-24-34-9-5-3-6-10-34)42-26-36(44)28-46-38-17-13-32(14-18-38)21-33-15-19-39(20-16-33)47-29-37(45)27-43-31(2)23-41-25-35-11-7-4-8-12-35/h3,5-7,9-20,30-31,36-37,40-45H,4,8,21-29H2,1-2H3. The van der Waals surface area contributed by atoms with E-state index in [1.165, 1.54) is 22.3 Å². The SMILES string of the molecule is CC(CNCC1=CCCC=C1)NCC(O)COc1ccc(Cc2ccc(OCC(O)CNC(C)CNCc3ccccc3)cc2)cc1. The molecule has 0 spiro atoms. The number of aliphatic hydroxyl groups excluding tert-OH is 2. The first kappa shape index (κ1) is 36.3. The molecule has 8 heteroatoms. The summed E-state index contributed by atoms with van der Waals surface area (Å²) < 4.78 is 11.6. The van der Waals surface area contributed by atoms with E-state index in [1.807, 2.05) is 42.5 Å². The van der Waals surface area contributed by atoms with Crippen molar-refractivity contribution >= 4 is 0 Å². The zero-order valence-corrected chi connectivity index (χ0v) is 28.0. The van der Waals surface area contributed by atoms with Crippen LogP contribution in [0.25, 0.3) is 0 Å². The molecule has 0 aliphatic heterocycles. The van der Waals surface area contributed by atoms with Crippen molar-refractivity contribution in [2.45, 2.75) is 63.9 Å². The Hall–Kier alpha value is -3.50. The molecule has 0 aromatic heterocycles. The lowest BCUT2D eigenvalue weighted by atomic mass is 10.0. The molecule has 47 heavy (non-hydrogen) atoms. The Labute approximate surface area is 281 Å². The zero-order chi connectivity index (χ0) is 33.1. The number of benzene rings is 3. The first-order valence-electron chi connectivity index (χ1n) is 17.0. The lowest BCUT2D eigenvalue weighted by Crippen LogP contribution is -2.42. The molecule has 4 unspecified atom stereocenters. The number of nitrogens with one attached hydrogen (secondary N) is 4. The summed E-state index contributed by atoms with van der Waals surface area (Å²) in [6.07, 6.45) is 8.57. The maximum absolute atomic E-state index is 10.4. The van der Waals surface area contributed by atoms with Gasteiger partial charge in [0.15, 0.2) is 0 Å². The minimum Gasteiger partial charge on any atom is -0.491 e. The van der Waals surface area contributed by atoms with Crippen molar-refractivity contribution in [2.24, 2.45) is 0 Å². The van der Waals surface area contributed by atoms with Crippen LogP contribution in [0.4, 0.5) is 0 Å². The minimum atomic E-state index is -0.595. The summed E-state index contributed by atoms with van der Waals surface area (Å²) in [6, 6.07) is 26.8. The summed E-state index contributed by atoms with van der Waals surface area (Å²) in [5.41, 5.74) is 4.94. The smallest absolute Gasteiger partial charge is 0.119 e. The average molecular weight is 643 g/mol.